The maximum Gasteiger partial charge on any atom is 0.237 e. The predicted octanol–water partition coefficient (Wildman–Crippen LogP) is 0.985. The van der Waals surface area contributed by atoms with Gasteiger partial charge in [0.2, 0.25) is 5.91 Å². The normalized spacial score (nSPS) is 11.3. The predicted molar refractivity (Wildman–Crippen MR) is 64.3 cm³/mol. The van der Waals surface area contributed by atoms with Gasteiger partial charge in [0.25, 0.3) is 0 Å². The lowest BCUT2D eigenvalue weighted by Gasteiger charge is -2.14. The minimum absolute atomic E-state index is 0. The van der Waals surface area contributed by atoms with E-state index in [-0.39, 0.29) is 24.4 Å². The highest BCUT2D eigenvalue weighted by Crippen LogP contribution is 2.02. The first kappa shape index (κ1) is 13.9. The molecule has 84 valence electrons. The second-order valence-corrected chi connectivity index (χ2v) is 3.15. The van der Waals surface area contributed by atoms with Crippen LogP contribution in [0.4, 0.5) is 0 Å². The van der Waals surface area contributed by atoms with Gasteiger partial charge in [-0.25, -0.2) is 0 Å². The molecule has 15 heavy (non-hydrogen) atoms. The number of carbonyl (C=O) groups is 1. The molecule has 1 aromatic rings. The van der Waals surface area contributed by atoms with Crippen LogP contribution in [0.3, 0.4) is 0 Å². The van der Waals surface area contributed by atoms with Crippen molar-refractivity contribution in [1.29, 1.82) is 0 Å². The van der Waals surface area contributed by atoms with Gasteiger partial charge in [0, 0.05) is 7.05 Å². The number of nitrogens with one attached hydrogen (secondary N) is 2. The molecule has 1 rings (SSSR count). The summed E-state index contributed by atoms with van der Waals surface area (Å²) in [5.74, 6) is 0.0244. The Morgan fingerprint density at radius 2 is 1.87 bits per heavy atom. The summed E-state index contributed by atoms with van der Waals surface area (Å²) in [5.41, 5.74) is 1.16. The second kappa shape index (κ2) is 7.26. The summed E-state index contributed by atoms with van der Waals surface area (Å²) in [4.78, 5) is 11.4. The molecular weight excluding hydrogens is 212 g/mol. The summed E-state index contributed by atoms with van der Waals surface area (Å²) < 4.78 is 0. The number of rotatable bonds is 4. The Morgan fingerprint density at radius 3 is 2.33 bits per heavy atom. The van der Waals surface area contributed by atoms with Crippen LogP contribution < -0.4 is 10.6 Å². The van der Waals surface area contributed by atoms with Gasteiger partial charge in [0.05, 0.1) is 6.04 Å². The van der Waals surface area contributed by atoms with Crippen molar-refractivity contribution in [3.8, 4) is 0 Å². The first-order valence-corrected chi connectivity index (χ1v) is 4.70. The van der Waals surface area contributed by atoms with E-state index in [9.17, 15) is 4.79 Å². The monoisotopic (exact) mass is 228 g/mol. The first-order chi connectivity index (χ1) is 6.77. The van der Waals surface area contributed by atoms with Crippen LogP contribution in [0.1, 0.15) is 5.56 Å². The smallest absolute Gasteiger partial charge is 0.237 e. The molecule has 0 aliphatic carbocycles. The lowest BCUT2D eigenvalue weighted by atomic mass is 10.1. The molecule has 1 aromatic carbocycles. The third-order valence-corrected chi connectivity index (χ3v) is 2.19. The third-order valence-electron chi connectivity index (χ3n) is 2.19. The minimum atomic E-state index is -0.151. The number of likely N-dealkylation sites (N-methyl/N-ethyl adjacent to an activating group) is 2. The molecule has 0 bridgehead atoms. The molecule has 0 fully saturated rings. The second-order valence-electron chi connectivity index (χ2n) is 3.15. The van der Waals surface area contributed by atoms with Gasteiger partial charge in [-0.15, -0.1) is 12.4 Å². The molecule has 0 spiro atoms. The third kappa shape index (κ3) is 4.32. The van der Waals surface area contributed by atoms with Gasteiger partial charge < -0.3 is 10.6 Å². The fourth-order valence-electron chi connectivity index (χ4n) is 1.35. The van der Waals surface area contributed by atoms with Crippen LogP contribution >= 0.6 is 12.4 Å². The highest BCUT2D eigenvalue weighted by molar-refractivity contribution is 5.85. The molecule has 1 atom stereocenters. The number of hydrogen-bond donors (Lipinski definition) is 2. The molecule has 4 heteroatoms. The summed E-state index contributed by atoms with van der Waals surface area (Å²) >= 11 is 0. The van der Waals surface area contributed by atoms with Crippen LogP contribution in [-0.4, -0.2) is 26.0 Å². The van der Waals surface area contributed by atoms with Crippen molar-refractivity contribution in [2.24, 2.45) is 0 Å². The fraction of sp³-hybridized carbons (Fsp3) is 0.364. The van der Waals surface area contributed by atoms with Crippen molar-refractivity contribution < 1.29 is 4.79 Å². The quantitative estimate of drug-likeness (QED) is 0.807. The van der Waals surface area contributed by atoms with Gasteiger partial charge in [0.1, 0.15) is 0 Å². The molecule has 0 aliphatic rings. The van der Waals surface area contributed by atoms with Crippen molar-refractivity contribution >= 4 is 18.3 Å². The summed E-state index contributed by atoms with van der Waals surface area (Å²) in [7, 11) is 3.44. The van der Waals surface area contributed by atoms with Crippen molar-refractivity contribution in [3.63, 3.8) is 0 Å². The molecule has 0 heterocycles. The van der Waals surface area contributed by atoms with E-state index in [2.05, 4.69) is 10.6 Å². The first-order valence-electron chi connectivity index (χ1n) is 4.70. The van der Waals surface area contributed by atoms with Gasteiger partial charge in [-0.1, -0.05) is 30.3 Å². The van der Waals surface area contributed by atoms with E-state index in [1.165, 1.54) is 0 Å². The van der Waals surface area contributed by atoms with Gasteiger partial charge in [0.15, 0.2) is 0 Å². The Balaban J connectivity index is 0.00000196. The van der Waals surface area contributed by atoms with E-state index in [0.717, 1.165) is 12.0 Å². The molecule has 0 saturated heterocycles. The molecule has 0 aliphatic heterocycles. The van der Waals surface area contributed by atoms with E-state index in [4.69, 9.17) is 0 Å². The van der Waals surface area contributed by atoms with Gasteiger partial charge >= 0.3 is 0 Å². The molecule has 3 nitrogen and oxygen atoms in total. The van der Waals surface area contributed by atoms with E-state index in [1.54, 1.807) is 14.1 Å². The Bertz CT molecular complexity index is 290. The number of halogens is 1. The average molecular weight is 229 g/mol. The molecule has 2 N–H and O–H groups in total. The summed E-state index contributed by atoms with van der Waals surface area (Å²) in [5, 5.41) is 5.62. The van der Waals surface area contributed by atoms with Crippen molar-refractivity contribution in [3.05, 3.63) is 35.9 Å². The number of carbonyl (C=O) groups excluding carboxylic acids is 1. The Hall–Kier alpha value is -1.06. The molecule has 0 radical (unpaired) electrons. The van der Waals surface area contributed by atoms with Crippen LogP contribution in [0.15, 0.2) is 30.3 Å². The Kier molecular flexibility index (Phi) is 6.75. The van der Waals surface area contributed by atoms with Gasteiger partial charge in [-0.3, -0.25) is 4.79 Å². The zero-order chi connectivity index (χ0) is 10.4. The summed E-state index contributed by atoms with van der Waals surface area (Å²) in [6.07, 6.45) is 0.719. The molecule has 0 unspecified atom stereocenters. The van der Waals surface area contributed by atoms with Crippen molar-refractivity contribution in [2.75, 3.05) is 14.1 Å². The molecule has 0 saturated carbocycles. The largest absolute Gasteiger partial charge is 0.358 e. The maximum atomic E-state index is 11.4. The van der Waals surface area contributed by atoms with Gasteiger partial charge in [-0.2, -0.15) is 0 Å². The Labute approximate surface area is 96.7 Å². The van der Waals surface area contributed by atoms with Crippen molar-refractivity contribution in [1.82, 2.24) is 10.6 Å². The standard InChI is InChI=1S/C11H16N2O.ClH/c1-12-10(11(14)13-2)8-9-6-4-3-5-7-9;/h3-7,10,12H,8H2,1-2H3,(H,13,14);1H/t10-;/m0./s1. The zero-order valence-electron chi connectivity index (χ0n) is 8.99. The number of amides is 1. The van der Waals surface area contributed by atoms with E-state index in [0.29, 0.717) is 0 Å². The van der Waals surface area contributed by atoms with Crippen LogP contribution in [0.25, 0.3) is 0 Å². The zero-order valence-corrected chi connectivity index (χ0v) is 9.80. The van der Waals surface area contributed by atoms with E-state index < -0.39 is 0 Å². The molecular formula is C11H17ClN2O. The van der Waals surface area contributed by atoms with Crippen LogP contribution in [0.5, 0.6) is 0 Å². The lowest BCUT2D eigenvalue weighted by Crippen LogP contribution is -2.42. The average Bonchev–Trinajstić information content (AvgIpc) is 2.26. The summed E-state index contributed by atoms with van der Waals surface area (Å²) in [6.45, 7) is 0. The van der Waals surface area contributed by atoms with E-state index in [1.807, 2.05) is 30.3 Å². The number of hydrogen-bond acceptors (Lipinski definition) is 2. The maximum absolute atomic E-state index is 11.4. The Morgan fingerprint density at radius 1 is 1.27 bits per heavy atom. The van der Waals surface area contributed by atoms with Gasteiger partial charge in [-0.05, 0) is 19.0 Å². The fourth-order valence-corrected chi connectivity index (χ4v) is 1.35. The van der Waals surface area contributed by atoms with E-state index >= 15 is 0 Å². The topological polar surface area (TPSA) is 41.1 Å². The molecule has 0 aromatic heterocycles. The lowest BCUT2D eigenvalue weighted by molar-refractivity contribution is -0.122. The SMILES string of the molecule is CNC(=O)[C@H](Cc1ccccc1)NC.Cl. The molecule has 1 amide bonds. The minimum Gasteiger partial charge on any atom is -0.358 e. The highest BCUT2D eigenvalue weighted by Gasteiger charge is 2.14. The summed E-state index contributed by atoms with van der Waals surface area (Å²) in [6, 6.07) is 9.82. The van der Waals surface area contributed by atoms with Crippen molar-refractivity contribution in [2.45, 2.75) is 12.5 Å². The highest BCUT2D eigenvalue weighted by atomic mass is 35.5. The van der Waals surface area contributed by atoms with Crippen LogP contribution in [0, 0.1) is 0 Å². The van der Waals surface area contributed by atoms with Crippen LogP contribution in [0.2, 0.25) is 0 Å². The van der Waals surface area contributed by atoms with Crippen LogP contribution in [-0.2, 0) is 11.2 Å². The number of benzene rings is 1.